The van der Waals surface area contributed by atoms with Gasteiger partial charge in [0, 0.05) is 24.8 Å². The number of H-pyrrole nitrogens is 1. The lowest BCUT2D eigenvalue weighted by Crippen LogP contribution is -2.37. The van der Waals surface area contributed by atoms with E-state index in [2.05, 4.69) is 34.0 Å². The summed E-state index contributed by atoms with van der Waals surface area (Å²) in [4.78, 5) is 61.5. The van der Waals surface area contributed by atoms with Crippen LogP contribution in [0.1, 0.15) is 29.0 Å². The van der Waals surface area contributed by atoms with E-state index in [1.54, 1.807) is 25.6 Å². The molecule has 25 heteroatoms. The minimum Gasteiger partial charge on any atom is -0.347 e. The van der Waals surface area contributed by atoms with Crippen molar-refractivity contribution in [1.82, 2.24) is 34.6 Å². The third-order valence-corrected chi connectivity index (χ3v) is 10.9. The molecule has 0 bridgehead atoms. The van der Waals surface area contributed by atoms with Gasteiger partial charge in [-0.3, -0.25) is 18.6 Å². The van der Waals surface area contributed by atoms with Crippen LogP contribution in [0.25, 0.3) is 11.2 Å². The molecule has 0 saturated carbocycles. The molecule has 0 aliphatic carbocycles. The highest BCUT2D eigenvalue weighted by molar-refractivity contribution is 7.71. The molecule has 7 atom stereocenters. The first-order valence-electron chi connectivity index (χ1n) is 12.8. The number of carbonyl (C=O) groups excluding carboxylic acids is 1. The van der Waals surface area contributed by atoms with Gasteiger partial charge in [0.25, 0.3) is 5.91 Å². The average Bonchev–Trinajstić information content (AvgIpc) is 3.63. The lowest BCUT2D eigenvalue weighted by atomic mass is 10.1. The van der Waals surface area contributed by atoms with Crippen molar-refractivity contribution in [3.63, 3.8) is 0 Å². The number of hydrogen-bond acceptors (Lipinski definition) is 14. The van der Waals surface area contributed by atoms with Gasteiger partial charge in [-0.25, -0.2) is 23.7 Å². The molecule has 45 heavy (non-hydrogen) atoms. The molecule has 3 aromatic heterocycles. The smallest absolute Gasteiger partial charge is 0.347 e. The van der Waals surface area contributed by atoms with Gasteiger partial charge in [0.2, 0.25) is 6.29 Å². The predicted molar refractivity (Wildman–Crippen MR) is 149 cm³/mol. The summed E-state index contributed by atoms with van der Waals surface area (Å²) < 4.78 is 68.5. The van der Waals surface area contributed by atoms with Crippen molar-refractivity contribution >= 4 is 52.8 Å². The van der Waals surface area contributed by atoms with Gasteiger partial charge >= 0.3 is 23.5 Å². The van der Waals surface area contributed by atoms with E-state index in [1.807, 2.05) is 6.92 Å². The monoisotopic (exact) mass is 715 g/mol. The maximum Gasteiger partial charge on any atom is 0.490 e. The topological polar surface area (TPSA) is 281 Å². The van der Waals surface area contributed by atoms with E-state index in [4.69, 9.17) is 40.7 Å². The van der Waals surface area contributed by atoms with Crippen LogP contribution >= 0.6 is 35.7 Å². The van der Waals surface area contributed by atoms with E-state index in [-0.39, 0.29) is 11.2 Å². The molecule has 21 nitrogen and oxygen atoms in total. The highest BCUT2D eigenvalue weighted by atomic mass is 32.1. The van der Waals surface area contributed by atoms with E-state index in [9.17, 15) is 28.3 Å². The number of aromatic nitrogens is 6. The van der Waals surface area contributed by atoms with Crippen LogP contribution in [-0.4, -0.2) is 86.0 Å². The molecule has 6 N–H and O–H groups in total. The molecule has 2 saturated heterocycles. The number of nitrogens with zero attached hydrogens (tertiary/aromatic N) is 5. The molecule has 248 valence electrons. The third kappa shape index (κ3) is 7.50. The van der Waals surface area contributed by atoms with Crippen molar-refractivity contribution in [2.75, 3.05) is 6.61 Å². The SMILES string of the molecule is Cc1nc(=S)c2ncn(C3OC(COP(=O)(O)OP(=O)(O)OP(=O)(O)O)C4O[C@@H](C(=O)NCc5c(C)nn(C)c5C)OC43)c2[nH]1. The molecule has 2 fully saturated rings. The van der Waals surface area contributed by atoms with Crippen molar-refractivity contribution in [3.05, 3.63) is 33.7 Å². The second-order valence-corrected chi connectivity index (χ2v) is 14.8. The van der Waals surface area contributed by atoms with Crippen molar-refractivity contribution in [2.45, 2.75) is 58.1 Å². The van der Waals surface area contributed by atoms with Gasteiger partial charge in [-0.15, -0.1) is 0 Å². The lowest BCUT2D eigenvalue weighted by Gasteiger charge is -2.22. The summed E-state index contributed by atoms with van der Waals surface area (Å²) in [5.74, 6) is -0.192. The zero-order valence-corrected chi connectivity index (χ0v) is 27.2. The number of ether oxygens (including phenoxy) is 3. The molecule has 5 heterocycles. The van der Waals surface area contributed by atoms with E-state index in [1.165, 1.54) is 10.9 Å². The Bertz CT molecular complexity index is 1840. The molecule has 0 aromatic carbocycles. The number of amides is 1. The summed E-state index contributed by atoms with van der Waals surface area (Å²) in [5.41, 5.74) is 3.05. The predicted octanol–water partition coefficient (Wildman–Crippen LogP) is 0.815. The molecule has 3 aromatic rings. The van der Waals surface area contributed by atoms with Crippen molar-refractivity contribution < 1.29 is 65.4 Å². The van der Waals surface area contributed by atoms with Crippen LogP contribution in [0.3, 0.4) is 0 Å². The molecule has 5 rings (SSSR count). The number of phosphoric ester groups is 1. The second kappa shape index (κ2) is 12.4. The third-order valence-electron chi connectivity index (χ3n) is 6.82. The number of nitrogens with one attached hydrogen (secondary N) is 2. The molecule has 2 aliphatic rings. The number of hydrogen-bond donors (Lipinski definition) is 6. The van der Waals surface area contributed by atoms with Crippen LogP contribution in [0.15, 0.2) is 6.33 Å². The number of phosphoric acid groups is 3. The first-order valence-corrected chi connectivity index (χ1v) is 17.7. The highest BCUT2D eigenvalue weighted by Gasteiger charge is 2.56. The Labute approximate surface area is 258 Å². The summed E-state index contributed by atoms with van der Waals surface area (Å²) in [6.45, 7) is 4.57. The van der Waals surface area contributed by atoms with E-state index < -0.39 is 66.8 Å². The number of imidazole rings is 1. The largest absolute Gasteiger partial charge is 0.490 e. The van der Waals surface area contributed by atoms with Gasteiger partial charge < -0.3 is 44.1 Å². The fourth-order valence-electron chi connectivity index (χ4n) is 4.86. The molecule has 0 spiro atoms. The molecular weight excluding hydrogens is 687 g/mol. The number of carbonyl (C=O) groups is 1. The van der Waals surface area contributed by atoms with Crippen molar-refractivity contribution in [1.29, 1.82) is 0 Å². The Kier molecular flexibility index (Phi) is 9.39. The highest BCUT2D eigenvalue weighted by Crippen LogP contribution is 2.66. The first kappa shape index (κ1) is 34.1. The quantitative estimate of drug-likeness (QED) is 0.118. The van der Waals surface area contributed by atoms with Gasteiger partial charge in [0.1, 0.15) is 35.3 Å². The molecule has 2 aliphatic heterocycles. The van der Waals surface area contributed by atoms with Crippen LogP contribution in [0.5, 0.6) is 0 Å². The standard InChI is InChI=1S/C20H28N7O14P3S/c1-8-11(9(2)26(4)25-8)5-21-17(28)20-38-14-12(6-36-43(32,33)41-44(34,35)40-42(29,30)31)37-19(15(14)39-20)27-7-22-13-16(27)23-10(3)24-18(13)45/h7,12,14-15,19-20H,5-6H2,1-4H3,(H,21,28)(H,32,33)(H,34,35)(H,23,24,45)(H2,29,30,31)/t12?,14?,15?,19?,20-/m1/s1. The average molecular weight is 715 g/mol. The van der Waals surface area contributed by atoms with Gasteiger partial charge in [0.05, 0.1) is 18.6 Å². The number of aromatic amines is 1. The van der Waals surface area contributed by atoms with Gasteiger partial charge in [-0.2, -0.15) is 13.7 Å². The Balaban J connectivity index is 1.36. The Morgan fingerprint density at radius 2 is 1.78 bits per heavy atom. The van der Waals surface area contributed by atoms with Crippen molar-refractivity contribution in [2.24, 2.45) is 7.05 Å². The maximum atomic E-state index is 13.1. The zero-order chi connectivity index (χ0) is 33.1. The molecular formula is C20H28N7O14P3S. The van der Waals surface area contributed by atoms with Gasteiger partial charge in [0.15, 0.2) is 10.9 Å². The maximum absolute atomic E-state index is 13.1. The molecule has 1 amide bonds. The van der Waals surface area contributed by atoms with Gasteiger partial charge in [-0.05, 0) is 20.8 Å². The normalized spacial score (nSPS) is 26.1. The first-order chi connectivity index (χ1) is 20.8. The van der Waals surface area contributed by atoms with Crippen LogP contribution in [-0.2, 0) is 59.4 Å². The lowest BCUT2D eigenvalue weighted by molar-refractivity contribution is -0.171. The van der Waals surface area contributed by atoms with Crippen LogP contribution in [0.4, 0.5) is 0 Å². The van der Waals surface area contributed by atoms with E-state index >= 15 is 0 Å². The fourth-order valence-corrected chi connectivity index (χ4v) is 8.17. The van der Waals surface area contributed by atoms with E-state index in [0.717, 1.165) is 17.0 Å². The Morgan fingerprint density at radius 1 is 1.09 bits per heavy atom. The van der Waals surface area contributed by atoms with Gasteiger partial charge in [-0.1, -0.05) is 12.2 Å². The summed E-state index contributed by atoms with van der Waals surface area (Å²) >= 11 is 5.29. The Hall–Kier alpha value is -2.26. The van der Waals surface area contributed by atoms with Crippen LogP contribution in [0.2, 0.25) is 0 Å². The Morgan fingerprint density at radius 3 is 2.42 bits per heavy atom. The van der Waals surface area contributed by atoms with E-state index in [0.29, 0.717) is 17.0 Å². The minimum absolute atomic E-state index is 0.118. The van der Waals surface area contributed by atoms with Crippen molar-refractivity contribution in [3.8, 4) is 0 Å². The fraction of sp³-hybridized carbons (Fsp3) is 0.550. The van der Waals surface area contributed by atoms with Crippen LogP contribution < -0.4 is 5.32 Å². The molecule has 0 radical (unpaired) electrons. The summed E-state index contributed by atoms with van der Waals surface area (Å²) in [7, 11) is -15.1. The molecule has 6 unspecified atom stereocenters. The number of fused-ring (bicyclic) bond motifs is 2. The number of aryl methyl sites for hydroxylation is 3. The minimum atomic E-state index is -5.76. The zero-order valence-electron chi connectivity index (χ0n) is 23.7. The second-order valence-electron chi connectivity index (χ2n) is 9.95. The summed E-state index contributed by atoms with van der Waals surface area (Å²) in [6, 6.07) is 0. The number of rotatable bonds is 11. The summed E-state index contributed by atoms with van der Waals surface area (Å²) in [6.07, 6.45) is -4.60. The van der Waals surface area contributed by atoms with Crippen LogP contribution in [0, 0.1) is 25.4 Å². The summed E-state index contributed by atoms with van der Waals surface area (Å²) in [5, 5.41) is 7.05.